The van der Waals surface area contributed by atoms with E-state index in [1.54, 1.807) is 31.5 Å². The second-order valence-electron chi connectivity index (χ2n) is 4.70. The average molecular weight is 305 g/mol. The number of nitrogens with zero attached hydrogens (tertiary/aromatic N) is 1. The van der Waals surface area contributed by atoms with Crippen LogP contribution < -0.4 is 10.1 Å². The number of aromatic nitrogens is 1. The van der Waals surface area contributed by atoms with Crippen molar-refractivity contribution in [2.75, 3.05) is 0 Å². The zero-order valence-corrected chi connectivity index (χ0v) is 12.7. The van der Waals surface area contributed by atoms with Crippen LogP contribution in [0.3, 0.4) is 0 Å². The second-order valence-corrected chi connectivity index (χ2v) is 5.11. The molecule has 1 aromatic carbocycles. The molecule has 0 aliphatic heterocycles. The van der Waals surface area contributed by atoms with Crippen LogP contribution in [0.25, 0.3) is 0 Å². The summed E-state index contributed by atoms with van der Waals surface area (Å²) in [5, 5.41) is 3.39. The Kier molecular flexibility index (Phi) is 5.17. The maximum atomic E-state index is 12.1. The van der Waals surface area contributed by atoms with Crippen LogP contribution in [0.2, 0.25) is 5.02 Å². The van der Waals surface area contributed by atoms with E-state index < -0.39 is 6.10 Å². The monoisotopic (exact) mass is 304 g/mol. The summed E-state index contributed by atoms with van der Waals surface area (Å²) in [5.74, 6) is 0.303. The fraction of sp³-hybridized carbons (Fsp3) is 0.250. The van der Waals surface area contributed by atoms with Gasteiger partial charge in [0.05, 0.1) is 11.1 Å². The molecule has 2 rings (SSSR count). The Hall–Kier alpha value is -2.07. The summed E-state index contributed by atoms with van der Waals surface area (Å²) < 4.78 is 5.59. The summed E-state index contributed by atoms with van der Waals surface area (Å²) in [5.41, 5.74) is 0.989. The molecule has 5 heteroatoms. The molecule has 2 atom stereocenters. The predicted molar refractivity (Wildman–Crippen MR) is 82.3 cm³/mol. The van der Waals surface area contributed by atoms with E-state index in [0.29, 0.717) is 10.8 Å². The maximum Gasteiger partial charge on any atom is 0.261 e. The van der Waals surface area contributed by atoms with Crippen molar-refractivity contribution in [2.24, 2.45) is 0 Å². The first-order valence-corrected chi connectivity index (χ1v) is 7.07. The summed E-state index contributed by atoms with van der Waals surface area (Å²) in [6.45, 7) is 3.60. The predicted octanol–water partition coefficient (Wildman–Crippen LogP) is 3.38. The van der Waals surface area contributed by atoms with E-state index in [9.17, 15) is 4.79 Å². The average Bonchev–Trinajstić information content (AvgIpc) is 2.50. The lowest BCUT2D eigenvalue weighted by molar-refractivity contribution is -0.127. The fourth-order valence-electron chi connectivity index (χ4n) is 1.85. The minimum Gasteiger partial charge on any atom is -0.479 e. The SMILES string of the molecule is C[C@H](Oc1ccccc1Cl)C(=O)N[C@@H](C)c1ccncc1. The van der Waals surface area contributed by atoms with Gasteiger partial charge in [0.2, 0.25) is 0 Å². The minimum atomic E-state index is -0.630. The molecule has 0 aliphatic rings. The van der Waals surface area contributed by atoms with Gasteiger partial charge in [-0.25, -0.2) is 0 Å². The van der Waals surface area contributed by atoms with Crippen LogP contribution in [0.15, 0.2) is 48.8 Å². The standard InChI is InChI=1S/C16H17ClN2O2/c1-11(13-7-9-18-10-8-13)19-16(20)12(2)21-15-6-4-3-5-14(15)17/h3-12H,1-2H3,(H,19,20)/t11-,12-/m0/s1. The molecule has 21 heavy (non-hydrogen) atoms. The zero-order valence-electron chi connectivity index (χ0n) is 11.9. The van der Waals surface area contributed by atoms with Gasteiger partial charge in [-0.2, -0.15) is 0 Å². The molecule has 0 fully saturated rings. The van der Waals surface area contributed by atoms with Crippen LogP contribution in [0, 0.1) is 0 Å². The Morgan fingerprint density at radius 2 is 1.86 bits per heavy atom. The number of pyridine rings is 1. The van der Waals surface area contributed by atoms with Gasteiger partial charge in [-0.3, -0.25) is 9.78 Å². The van der Waals surface area contributed by atoms with Crippen molar-refractivity contribution < 1.29 is 9.53 Å². The van der Waals surface area contributed by atoms with Crippen LogP contribution in [0.1, 0.15) is 25.5 Å². The molecule has 0 spiro atoms. The number of carbonyl (C=O) groups is 1. The van der Waals surface area contributed by atoms with E-state index in [0.717, 1.165) is 5.56 Å². The van der Waals surface area contributed by atoms with E-state index in [1.165, 1.54) is 0 Å². The number of hydrogen-bond donors (Lipinski definition) is 1. The molecule has 0 bridgehead atoms. The van der Waals surface area contributed by atoms with Crippen LogP contribution in [-0.4, -0.2) is 17.0 Å². The zero-order chi connectivity index (χ0) is 15.2. The smallest absolute Gasteiger partial charge is 0.261 e. The number of benzene rings is 1. The van der Waals surface area contributed by atoms with Gasteiger partial charge in [0.1, 0.15) is 5.75 Å². The second kappa shape index (κ2) is 7.09. The summed E-state index contributed by atoms with van der Waals surface area (Å²) in [4.78, 5) is 16.1. The van der Waals surface area contributed by atoms with Crippen molar-refractivity contribution in [1.82, 2.24) is 10.3 Å². The van der Waals surface area contributed by atoms with E-state index in [2.05, 4.69) is 10.3 Å². The molecule has 0 saturated carbocycles. The van der Waals surface area contributed by atoms with Crippen molar-refractivity contribution in [3.05, 3.63) is 59.4 Å². The largest absolute Gasteiger partial charge is 0.479 e. The first kappa shape index (κ1) is 15.3. The van der Waals surface area contributed by atoms with Crippen molar-refractivity contribution >= 4 is 17.5 Å². The highest BCUT2D eigenvalue weighted by molar-refractivity contribution is 6.32. The van der Waals surface area contributed by atoms with Gasteiger partial charge in [-0.15, -0.1) is 0 Å². The number of amides is 1. The van der Waals surface area contributed by atoms with Gasteiger partial charge in [0.15, 0.2) is 6.10 Å². The Balaban J connectivity index is 1.95. The van der Waals surface area contributed by atoms with Gasteiger partial charge in [-0.05, 0) is 43.7 Å². The minimum absolute atomic E-state index is 0.113. The number of nitrogens with one attached hydrogen (secondary N) is 1. The third-order valence-corrected chi connectivity index (χ3v) is 3.39. The lowest BCUT2D eigenvalue weighted by atomic mass is 10.1. The molecule has 4 nitrogen and oxygen atoms in total. The maximum absolute atomic E-state index is 12.1. The molecule has 1 N–H and O–H groups in total. The summed E-state index contributed by atoms with van der Waals surface area (Å²) >= 11 is 6.01. The molecule has 0 aliphatic carbocycles. The highest BCUT2D eigenvalue weighted by atomic mass is 35.5. The van der Waals surface area contributed by atoms with Crippen LogP contribution >= 0.6 is 11.6 Å². The number of carbonyl (C=O) groups excluding carboxylic acids is 1. The molecule has 1 aromatic heterocycles. The van der Waals surface area contributed by atoms with E-state index >= 15 is 0 Å². The van der Waals surface area contributed by atoms with E-state index in [4.69, 9.17) is 16.3 Å². The van der Waals surface area contributed by atoms with Crippen molar-refractivity contribution in [2.45, 2.75) is 26.0 Å². The Morgan fingerprint density at radius 1 is 1.19 bits per heavy atom. The third-order valence-electron chi connectivity index (χ3n) is 3.07. The van der Waals surface area contributed by atoms with Gasteiger partial charge in [0, 0.05) is 12.4 Å². The Bertz CT molecular complexity index is 604. The van der Waals surface area contributed by atoms with Gasteiger partial charge >= 0.3 is 0 Å². The highest BCUT2D eigenvalue weighted by Crippen LogP contribution is 2.24. The third kappa shape index (κ3) is 4.20. The molecule has 0 radical (unpaired) electrons. The summed E-state index contributed by atoms with van der Waals surface area (Å²) in [7, 11) is 0. The van der Waals surface area contributed by atoms with Gasteiger partial charge < -0.3 is 10.1 Å². The first-order valence-electron chi connectivity index (χ1n) is 6.69. The fourth-order valence-corrected chi connectivity index (χ4v) is 2.03. The number of ether oxygens (including phenoxy) is 1. The van der Waals surface area contributed by atoms with Crippen LogP contribution in [0.5, 0.6) is 5.75 Å². The number of para-hydroxylation sites is 1. The molecule has 0 saturated heterocycles. The van der Waals surface area contributed by atoms with E-state index in [-0.39, 0.29) is 11.9 Å². The summed E-state index contributed by atoms with van der Waals surface area (Å²) in [6, 6.07) is 10.7. The number of rotatable bonds is 5. The molecular formula is C16H17ClN2O2. The highest BCUT2D eigenvalue weighted by Gasteiger charge is 2.18. The molecule has 1 heterocycles. The topological polar surface area (TPSA) is 51.2 Å². The molecular weight excluding hydrogens is 288 g/mol. The number of hydrogen-bond acceptors (Lipinski definition) is 3. The first-order chi connectivity index (χ1) is 10.1. The van der Waals surface area contributed by atoms with Crippen LogP contribution in [-0.2, 0) is 4.79 Å². The van der Waals surface area contributed by atoms with E-state index in [1.807, 2.05) is 31.2 Å². The quantitative estimate of drug-likeness (QED) is 0.921. The van der Waals surface area contributed by atoms with Gasteiger partial charge in [0.25, 0.3) is 5.91 Å². The molecule has 2 aromatic rings. The lowest BCUT2D eigenvalue weighted by Gasteiger charge is -2.19. The van der Waals surface area contributed by atoms with Gasteiger partial charge in [-0.1, -0.05) is 23.7 Å². The van der Waals surface area contributed by atoms with Crippen LogP contribution in [0.4, 0.5) is 0 Å². The summed E-state index contributed by atoms with van der Waals surface area (Å²) in [6.07, 6.45) is 2.76. The van der Waals surface area contributed by atoms with Crippen molar-refractivity contribution in [3.8, 4) is 5.75 Å². The normalized spacial score (nSPS) is 13.3. The number of halogens is 1. The Labute approximate surface area is 129 Å². The molecule has 1 amide bonds. The van der Waals surface area contributed by atoms with Crippen molar-refractivity contribution in [3.63, 3.8) is 0 Å². The van der Waals surface area contributed by atoms with Crippen molar-refractivity contribution in [1.29, 1.82) is 0 Å². The molecule has 110 valence electrons. The lowest BCUT2D eigenvalue weighted by Crippen LogP contribution is -2.37. The Morgan fingerprint density at radius 3 is 2.52 bits per heavy atom. The molecule has 0 unspecified atom stereocenters.